The van der Waals surface area contributed by atoms with E-state index in [2.05, 4.69) is 0 Å². The van der Waals surface area contributed by atoms with Gasteiger partial charge in [0.15, 0.2) is 0 Å². The molecule has 1 saturated carbocycles. The van der Waals surface area contributed by atoms with Crippen molar-refractivity contribution in [2.24, 2.45) is 5.92 Å². The highest BCUT2D eigenvalue weighted by molar-refractivity contribution is 5.90. The third kappa shape index (κ3) is 2.75. The van der Waals surface area contributed by atoms with Crippen molar-refractivity contribution in [1.29, 1.82) is 0 Å². The molecule has 0 atom stereocenters. The minimum Gasteiger partial charge on any atom is -0.493 e. The van der Waals surface area contributed by atoms with Crippen LogP contribution >= 0.6 is 0 Å². The van der Waals surface area contributed by atoms with E-state index in [-0.39, 0.29) is 5.56 Å². The van der Waals surface area contributed by atoms with Crippen LogP contribution in [0.5, 0.6) is 5.75 Å². The van der Waals surface area contributed by atoms with Crippen molar-refractivity contribution in [3.63, 3.8) is 0 Å². The van der Waals surface area contributed by atoms with E-state index in [0.717, 1.165) is 17.9 Å². The first-order chi connectivity index (χ1) is 7.66. The van der Waals surface area contributed by atoms with Crippen LogP contribution in [0.3, 0.4) is 0 Å². The molecule has 86 valence electrons. The zero-order chi connectivity index (χ0) is 11.5. The van der Waals surface area contributed by atoms with E-state index in [9.17, 15) is 4.79 Å². The van der Waals surface area contributed by atoms with Crippen LogP contribution in [0.4, 0.5) is 0 Å². The number of aromatic carboxylic acids is 1. The molecule has 0 bridgehead atoms. The first-order valence-corrected chi connectivity index (χ1v) is 5.63. The molecule has 1 aliphatic rings. The van der Waals surface area contributed by atoms with Gasteiger partial charge in [0.25, 0.3) is 0 Å². The van der Waals surface area contributed by atoms with Crippen LogP contribution < -0.4 is 4.74 Å². The van der Waals surface area contributed by atoms with Gasteiger partial charge >= 0.3 is 5.97 Å². The molecule has 1 aliphatic carbocycles. The summed E-state index contributed by atoms with van der Waals surface area (Å²) in [6.45, 7) is 2.55. The van der Waals surface area contributed by atoms with E-state index in [1.165, 1.54) is 12.8 Å². The molecule has 0 saturated heterocycles. The van der Waals surface area contributed by atoms with Gasteiger partial charge in [0.2, 0.25) is 0 Å². The largest absolute Gasteiger partial charge is 0.493 e. The lowest BCUT2D eigenvalue weighted by Gasteiger charge is -2.09. The number of rotatable bonds is 5. The molecule has 0 unspecified atom stereocenters. The third-order valence-electron chi connectivity index (χ3n) is 2.85. The van der Waals surface area contributed by atoms with Crippen LogP contribution in [0.2, 0.25) is 0 Å². The highest BCUT2D eigenvalue weighted by atomic mass is 16.5. The Kier molecular flexibility index (Phi) is 3.13. The molecule has 3 heteroatoms. The first-order valence-electron chi connectivity index (χ1n) is 5.63. The molecular formula is C13H16O3. The van der Waals surface area contributed by atoms with Gasteiger partial charge in [-0.1, -0.05) is 18.9 Å². The summed E-state index contributed by atoms with van der Waals surface area (Å²) in [4.78, 5) is 11.0. The van der Waals surface area contributed by atoms with Crippen LogP contribution in [-0.4, -0.2) is 17.7 Å². The standard InChI is InChI=1S/C13H16O3/c1-9-2-5-11(13(14)15)12(8-9)16-7-6-10-3-4-10/h2,5,8,10H,3-4,6-7H2,1H3,(H,14,15). The Morgan fingerprint density at radius 1 is 1.50 bits per heavy atom. The number of carbonyl (C=O) groups is 1. The van der Waals surface area contributed by atoms with Crippen LogP contribution in [0.1, 0.15) is 35.2 Å². The van der Waals surface area contributed by atoms with Gasteiger partial charge in [-0.25, -0.2) is 4.79 Å². The minimum absolute atomic E-state index is 0.251. The van der Waals surface area contributed by atoms with Crippen molar-refractivity contribution >= 4 is 5.97 Å². The smallest absolute Gasteiger partial charge is 0.339 e. The van der Waals surface area contributed by atoms with Gasteiger partial charge in [-0.3, -0.25) is 0 Å². The Balaban J connectivity index is 2.03. The van der Waals surface area contributed by atoms with Crippen molar-refractivity contribution in [1.82, 2.24) is 0 Å². The van der Waals surface area contributed by atoms with Crippen molar-refractivity contribution < 1.29 is 14.6 Å². The van der Waals surface area contributed by atoms with Gasteiger partial charge in [0, 0.05) is 0 Å². The Labute approximate surface area is 95.0 Å². The molecule has 1 aromatic rings. The molecular weight excluding hydrogens is 204 g/mol. The van der Waals surface area contributed by atoms with E-state index in [4.69, 9.17) is 9.84 Å². The third-order valence-corrected chi connectivity index (χ3v) is 2.85. The van der Waals surface area contributed by atoms with Crippen LogP contribution in [-0.2, 0) is 0 Å². The summed E-state index contributed by atoms with van der Waals surface area (Å²) < 4.78 is 5.55. The second kappa shape index (κ2) is 4.56. The molecule has 0 aromatic heterocycles. The zero-order valence-electron chi connectivity index (χ0n) is 9.40. The maximum absolute atomic E-state index is 11.0. The fraction of sp³-hybridized carbons (Fsp3) is 0.462. The number of benzene rings is 1. The summed E-state index contributed by atoms with van der Waals surface area (Å²) >= 11 is 0. The Bertz CT molecular complexity index is 394. The van der Waals surface area contributed by atoms with E-state index >= 15 is 0 Å². The normalized spacial score (nSPS) is 14.8. The van der Waals surface area contributed by atoms with E-state index in [0.29, 0.717) is 12.4 Å². The second-order valence-electron chi connectivity index (χ2n) is 4.39. The van der Waals surface area contributed by atoms with Crippen LogP contribution in [0.15, 0.2) is 18.2 Å². The maximum atomic E-state index is 11.0. The van der Waals surface area contributed by atoms with Gasteiger partial charge < -0.3 is 9.84 Å². The Morgan fingerprint density at radius 3 is 2.88 bits per heavy atom. The monoisotopic (exact) mass is 220 g/mol. The van der Waals surface area contributed by atoms with E-state index in [1.54, 1.807) is 18.2 Å². The molecule has 0 amide bonds. The summed E-state index contributed by atoms with van der Waals surface area (Å²) in [6, 6.07) is 5.18. The molecule has 0 heterocycles. The SMILES string of the molecule is Cc1ccc(C(=O)O)c(OCCC2CC2)c1. The van der Waals surface area contributed by atoms with E-state index < -0.39 is 5.97 Å². The number of hydrogen-bond donors (Lipinski definition) is 1. The molecule has 0 aliphatic heterocycles. The quantitative estimate of drug-likeness (QED) is 0.829. The Hall–Kier alpha value is -1.51. The second-order valence-corrected chi connectivity index (χ2v) is 4.39. The lowest BCUT2D eigenvalue weighted by molar-refractivity contribution is 0.0692. The molecule has 16 heavy (non-hydrogen) atoms. The topological polar surface area (TPSA) is 46.5 Å². The fourth-order valence-electron chi connectivity index (χ4n) is 1.67. The van der Waals surface area contributed by atoms with Gasteiger partial charge in [-0.05, 0) is 37.0 Å². The summed E-state index contributed by atoms with van der Waals surface area (Å²) in [6.07, 6.45) is 3.62. The first kappa shape index (κ1) is 11.0. The number of carboxylic acids is 1. The number of aryl methyl sites for hydroxylation is 1. The minimum atomic E-state index is -0.929. The molecule has 1 N–H and O–H groups in total. The molecule has 2 rings (SSSR count). The zero-order valence-corrected chi connectivity index (χ0v) is 9.40. The Morgan fingerprint density at radius 2 is 2.25 bits per heavy atom. The summed E-state index contributed by atoms with van der Waals surface area (Å²) in [7, 11) is 0. The number of hydrogen-bond acceptors (Lipinski definition) is 2. The lowest BCUT2D eigenvalue weighted by atomic mass is 10.1. The van der Waals surface area contributed by atoms with Crippen LogP contribution in [0.25, 0.3) is 0 Å². The predicted octanol–water partition coefficient (Wildman–Crippen LogP) is 2.87. The lowest BCUT2D eigenvalue weighted by Crippen LogP contribution is -2.05. The van der Waals surface area contributed by atoms with Crippen molar-refractivity contribution in [2.45, 2.75) is 26.2 Å². The fourth-order valence-corrected chi connectivity index (χ4v) is 1.67. The summed E-state index contributed by atoms with van der Waals surface area (Å²) in [5.74, 6) is 0.368. The van der Waals surface area contributed by atoms with Crippen molar-refractivity contribution in [3.8, 4) is 5.75 Å². The molecule has 1 aromatic carbocycles. The molecule has 0 radical (unpaired) electrons. The van der Waals surface area contributed by atoms with E-state index in [1.807, 2.05) is 6.92 Å². The van der Waals surface area contributed by atoms with Crippen molar-refractivity contribution in [3.05, 3.63) is 29.3 Å². The number of ether oxygens (including phenoxy) is 1. The van der Waals surface area contributed by atoms with Gasteiger partial charge in [0.1, 0.15) is 11.3 Å². The highest BCUT2D eigenvalue weighted by Gasteiger charge is 2.21. The van der Waals surface area contributed by atoms with Gasteiger partial charge in [-0.2, -0.15) is 0 Å². The average molecular weight is 220 g/mol. The highest BCUT2D eigenvalue weighted by Crippen LogP contribution is 2.32. The predicted molar refractivity (Wildman–Crippen MR) is 61.0 cm³/mol. The average Bonchev–Trinajstić information content (AvgIpc) is 3.01. The molecule has 0 spiro atoms. The van der Waals surface area contributed by atoms with Crippen molar-refractivity contribution in [2.75, 3.05) is 6.61 Å². The molecule has 3 nitrogen and oxygen atoms in total. The van der Waals surface area contributed by atoms with Crippen LogP contribution in [0, 0.1) is 12.8 Å². The number of carboxylic acid groups (broad SMARTS) is 1. The summed E-state index contributed by atoms with van der Waals surface area (Å²) in [5, 5.41) is 9.00. The van der Waals surface area contributed by atoms with Gasteiger partial charge in [-0.15, -0.1) is 0 Å². The van der Waals surface area contributed by atoms with Gasteiger partial charge in [0.05, 0.1) is 6.61 Å². The summed E-state index contributed by atoms with van der Waals surface area (Å²) in [5.41, 5.74) is 1.27. The maximum Gasteiger partial charge on any atom is 0.339 e. The molecule has 1 fully saturated rings.